The summed E-state index contributed by atoms with van der Waals surface area (Å²) < 4.78 is 0. The van der Waals surface area contributed by atoms with Crippen molar-refractivity contribution in [2.24, 2.45) is 0 Å². The van der Waals surface area contributed by atoms with Gasteiger partial charge in [-0.2, -0.15) is 5.26 Å². The minimum absolute atomic E-state index is 0.0704. The second-order valence-corrected chi connectivity index (χ2v) is 4.39. The lowest BCUT2D eigenvalue weighted by molar-refractivity contribution is -0.120. The molecule has 1 N–H and O–H groups in total. The lowest BCUT2D eigenvalue weighted by Crippen LogP contribution is -2.31. The molecule has 0 saturated heterocycles. The predicted molar refractivity (Wildman–Crippen MR) is 76.1 cm³/mol. The van der Waals surface area contributed by atoms with E-state index in [1.54, 1.807) is 36.4 Å². The van der Waals surface area contributed by atoms with Crippen molar-refractivity contribution in [3.8, 4) is 6.07 Å². The van der Waals surface area contributed by atoms with Crippen molar-refractivity contribution in [2.75, 3.05) is 0 Å². The van der Waals surface area contributed by atoms with E-state index in [0.29, 0.717) is 0 Å². The minimum Gasteiger partial charge on any atom is -0.291 e. The Morgan fingerprint density at radius 3 is 2.48 bits per heavy atom. The third kappa shape index (κ3) is 3.98. The number of nitrogens with zero attached hydrogens (tertiary/aromatic N) is 2. The van der Waals surface area contributed by atoms with Crippen LogP contribution in [0.15, 0.2) is 54.7 Å². The fraction of sp³-hybridized carbons (Fsp3) is 0.125. The molecular weight excluding hydrogens is 266 g/mol. The molecule has 2 amide bonds. The van der Waals surface area contributed by atoms with Crippen molar-refractivity contribution in [1.82, 2.24) is 10.3 Å². The zero-order valence-electron chi connectivity index (χ0n) is 11.2. The van der Waals surface area contributed by atoms with Crippen LogP contribution in [0.4, 0.5) is 0 Å². The standard InChI is InChI=1S/C16H13N3O2/c17-11-13(12-6-2-1-3-7-12)10-15(20)19-16(21)14-8-4-5-9-18-14/h1-9,13H,10H2,(H,19,20,21). The van der Waals surface area contributed by atoms with Gasteiger partial charge in [-0.1, -0.05) is 36.4 Å². The monoisotopic (exact) mass is 279 g/mol. The first-order chi connectivity index (χ1) is 10.2. The van der Waals surface area contributed by atoms with Crippen molar-refractivity contribution in [3.05, 3.63) is 66.0 Å². The maximum atomic E-state index is 11.9. The Bertz CT molecular complexity index is 663. The molecule has 0 fully saturated rings. The molecule has 5 heteroatoms. The Kier molecular flexibility index (Phi) is 4.78. The molecule has 0 bridgehead atoms. The lowest BCUT2D eigenvalue weighted by atomic mass is 9.97. The van der Waals surface area contributed by atoms with E-state index in [-0.39, 0.29) is 12.1 Å². The molecule has 0 radical (unpaired) electrons. The predicted octanol–water partition coefficient (Wildman–Crippen LogP) is 2.04. The van der Waals surface area contributed by atoms with Crippen molar-refractivity contribution in [1.29, 1.82) is 5.26 Å². The largest absolute Gasteiger partial charge is 0.291 e. The van der Waals surface area contributed by atoms with Crippen LogP contribution >= 0.6 is 0 Å². The van der Waals surface area contributed by atoms with Gasteiger partial charge in [-0.3, -0.25) is 19.9 Å². The normalized spacial score (nSPS) is 11.2. The first-order valence-electron chi connectivity index (χ1n) is 6.40. The van der Waals surface area contributed by atoms with E-state index in [4.69, 9.17) is 5.26 Å². The quantitative estimate of drug-likeness (QED) is 0.928. The number of carbonyl (C=O) groups is 2. The van der Waals surface area contributed by atoms with Gasteiger partial charge in [0.25, 0.3) is 5.91 Å². The summed E-state index contributed by atoms with van der Waals surface area (Å²) in [7, 11) is 0. The number of nitriles is 1. The summed E-state index contributed by atoms with van der Waals surface area (Å²) in [6.45, 7) is 0. The number of rotatable bonds is 4. The van der Waals surface area contributed by atoms with E-state index in [1.165, 1.54) is 12.3 Å². The molecule has 0 saturated carbocycles. The van der Waals surface area contributed by atoms with Gasteiger partial charge in [0, 0.05) is 12.6 Å². The van der Waals surface area contributed by atoms with Crippen LogP contribution in [0, 0.1) is 11.3 Å². The summed E-state index contributed by atoms with van der Waals surface area (Å²) in [5.41, 5.74) is 0.916. The Morgan fingerprint density at radius 1 is 1.14 bits per heavy atom. The number of carbonyl (C=O) groups excluding carboxylic acids is 2. The van der Waals surface area contributed by atoms with Crippen LogP contribution in [0.2, 0.25) is 0 Å². The second kappa shape index (κ2) is 6.96. The van der Waals surface area contributed by atoms with E-state index in [2.05, 4.69) is 16.4 Å². The van der Waals surface area contributed by atoms with Crippen LogP contribution in [-0.2, 0) is 4.79 Å². The lowest BCUT2D eigenvalue weighted by Gasteiger charge is -2.09. The molecule has 104 valence electrons. The summed E-state index contributed by atoms with van der Waals surface area (Å²) in [5, 5.41) is 11.4. The van der Waals surface area contributed by atoms with Gasteiger partial charge in [0.1, 0.15) is 5.69 Å². The fourth-order valence-corrected chi connectivity index (χ4v) is 1.85. The van der Waals surface area contributed by atoms with Crippen molar-refractivity contribution in [3.63, 3.8) is 0 Å². The summed E-state index contributed by atoms with van der Waals surface area (Å²) in [6.07, 6.45) is 1.40. The van der Waals surface area contributed by atoms with Gasteiger partial charge in [-0.15, -0.1) is 0 Å². The number of benzene rings is 1. The van der Waals surface area contributed by atoms with Crippen LogP contribution in [-0.4, -0.2) is 16.8 Å². The molecule has 21 heavy (non-hydrogen) atoms. The average molecular weight is 279 g/mol. The highest BCUT2D eigenvalue weighted by atomic mass is 16.2. The fourth-order valence-electron chi connectivity index (χ4n) is 1.85. The molecule has 0 aliphatic heterocycles. The van der Waals surface area contributed by atoms with Gasteiger partial charge < -0.3 is 0 Å². The number of pyridine rings is 1. The molecule has 0 spiro atoms. The molecular formula is C16H13N3O2. The summed E-state index contributed by atoms with van der Waals surface area (Å²) in [5.74, 6) is -1.64. The SMILES string of the molecule is N#CC(CC(=O)NC(=O)c1ccccn1)c1ccccc1. The third-order valence-electron chi connectivity index (χ3n) is 2.90. The van der Waals surface area contributed by atoms with E-state index < -0.39 is 17.7 Å². The van der Waals surface area contributed by atoms with Gasteiger partial charge >= 0.3 is 0 Å². The van der Waals surface area contributed by atoms with Gasteiger partial charge in [0.05, 0.1) is 12.0 Å². The average Bonchev–Trinajstić information content (AvgIpc) is 2.54. The Balaban J connectivity index is 1.98. The first kappa shape index (κ1) is 14.4. The van der Waals surface area contributed by atoms with Crippen molar-refractivity contribution < 1.29 is 9.59 Å². The Labute approximate surface area is 122 Å². The summed E-state index contributed by atoms with van der Waals surface area (Å²) >= 11 is 0. The molecule has 1 aromatic carbocycles. The van der Waals surface area contributed by atoms with E-state index >= 15 is 0 Å². The molecule has 2 aromatic rings. The highest BCUT2D eigenvalue weighted by Crippen LogP contribution is 2.18. The summed E-state index contributed by atoms with van der Waals surface area (Å²) in [4.78, 5) is 27.5. The number of nitrogens with one attached hydrogen (secondary N) is 1. The maximum absolute atomic E-state index is 11.9. The first-order valence-corrected chi connectivity index (χ1v) is 6.40. The van der Waals surface area contributed by atoms with Crippen LogP contribution in [0.25, 0.3) is 0 Å². The van der Waals surface area contributed by atoms with Crippen molar-refractivity contribution >= 4 is 11.8 Å². The molecule has 5 nitrogen and oxygen atoms in total. The Hall–Kier alpha value is -3.00. The van der Waals surface area contributed by atoms with Crippen molar-refractivity contribution in [2.45, 2.75) is 12.3 Å². The van der Waals surface area contributed by atoms with Gasteiger partial charge in [-0.05, 0) is 17.7 Å². The van der Waals surface area contributed by atoms with Gasteiger partial charge in [-0.25, -0.2) is 0 Å². The smallest absolute Gasteiger partial charge is 0.276 e. The zero-order chi connectivity index (χ0) is 15.1. The van der Waals surface area contributed by atoms with Gasteiger partial charge in [0.2, 0.25) is 5.91 Å². The van der Waals surface area contributed by atoms with Crippen LogP contribution in [0.1, 0.15) is 28.4 Å². The topological polar surface area (TPSA) is 82.9 Å². The zero-order valence-corrected chi connectivity index (χ0v) is 11.2. The van der Waals surface area contributed by atoms with E-state index in [1.807, 2.05) is 6.07 Å². The summed E-state index contributed by atoms with van der Waals surface area (Å²) in [6, 6.07) is 15.9. The number of aromatic nitrogens is 1. The molecule has 0 aliphatic rings. The van der Waals surface area contributed by atoms with Crippen LogP contribution in [0.3, 0.4) is 0 Å². The molecule has 0 aliphatic carbocycles. The molecule has 1 atom stereocenters. The van der Waals surface area contributed by atoms with E-state index in [0.717, 1.165) is 5.56 Å². The maximum Gasteiger partial charge on any atom is 0.276 e. The molecule has 1 aromatic heterocycles. The molecule has 1 unspecified atom stereocenters. The second-order valence-electron chi connectivity index (χ2n) is 4.39. The number of hydrogen-bond donors (Lipinski definition) is 1. The van der Waals surface area contributed by atoms with E-state index in [9.17, 15) is 9.59 Å². The third-order valence-corrected chi connectivity index (χ3v) is 2.90. The minimum atomic E-state index is -0.581. The number of hydrogen-bond acceptors (Lipinski definition) is 4. The number of imide groups is 1. The highest BCUT2D eigenvalue weighted by molar-refractivity contribution is 6.03. The molecule has 2 rings (SSSR count). The number of amides is 2. The van der Waals surface area contributed by atoms with Gasteiger partial charge in [0.15, 0.2) is 0 Å². The van der Waals surface area contributed by atoms with Crippen LogP contribution in [0.5, 0.6) is 0 Å². The molecule has 1 heterocycles. The Morgan fingerprint density at radius 2 is 1.86 bits per heavy atom. The van der Waals surface area contributed by atoms with Crippen LogP contribution < -0.4 is 5.32 Å². The highest BCUT2D eigenvalue weighted by Gasteiger charge is 2.18.